The Morgan fingerprint density at radius 3 is 2.35 bits per heavy atom. The van der Waals surface area contributed by atoms with E-state index in [0.717, 1.165) is 22.0 Å². The summed E-state index contributed by atoms with van der Waals surface area (Å²) in [4.78, 5) is 4.42. The summed E-state index contributed by atoms with van der Waals surface area (Å²) in [5.41, 5.74) is 3.03. The average molecular weight is 240 g/mol. The highest BCUT2D eigenvalue weighted by Crippen LogP contribution is 2.29. The minimum absolute atomic E-state index is 0.551. The fourth-order valence-corrected chi connectivity index (χ4v) is 2.25. The molecule has 0 saturated carbocycles. The van der Waals surface area contributed by atoms with E-state index in [9.17, 15) is 0 Å². The molecular weight excluding hydrogens is 230 g/mol. The molecule has 1 aromatic heterocycles. The van der Waals surface area contributed by atoms with Gasteiger partial charge in [-0.2, -0.15) is 0 Å². The van der Waals surface area contributed by atoms with Crippen LogP contribution >= 0.6 is 11.6 Å². The molecule has 0 saturated heterocycles. The van der Waals surface area contributed by atoms with Crippen molar-refractivity contribution >= 4 is 34.7 Å². The third-order valence-electron chi connectivity index (χ3n) is 2.78. The van der Waals surface area contributed by atoms with Gasteiger partial charge in [0.25, 0.3) is 0 Å². The van der Waals surface area contributed by atoms with E-state index in [-0.39, 0.29) is 0 Å². The van der Waals surface area contributed by atoms with Gasteiger partial charge < -0.3 is 0 Å². The monoisotopic (exact) mass is 239 g/mol. The first kappa shape index (κ1) is 10.3. The van der Waals surface area contributed by atoms with Crippen molar-refractivity contribution in [2.45, 2.75) is 0 Å². The maximum absolute atomic E-state index is 6.23. The lowest BCUT2D eigenvalue weighted by Crippen LogP contribution is -1.91. The van der Waals surface area contributed by atoms with Crippen molar-refractivity contribution in [3.63, 3.8) is 0 Å². The van der Waals surface area contributed by atoms with Crippen LogP contribution in [0.2, 0.25) is 5.15 Å². The minimum Gasteiger partial charge on any atom is -0.235 e. The number of benzene rings is 1. The quantitative estimate of drug-likeness (QED) is 0.618. The van der Waals surface area contributed by atoms with E-state index in [1.807, 2.05) is 48.6 Å². The van der Waals surface area contributed by atoms with Crippen molar-refractivity contribution in [1.29, 1.82) is 0 Å². The first-order chi connectivity index (χ1) is 8.36. The van der Waals surface area contributed by atoms with Gasteiger partial charge in [0.1, 0.15) is 5.15 Å². The molecule has 0 atom stereocenters. The van der Waals surface area contributed by atoms with Gasteiger partial charge in [0, 0.05) is 10.9 Å². The summed E-state index contributed by atoms with van der Waals surface area (Å²) < 4.78 is 0. The number of fused-ring (bicyclic) bond motifs is 3. The van der Waals surface area contributed by atoms with Crippen molar-refractivity contribution in [1.82, 2.24) is 4.98 Å². The van der Waals surface area contributed by atoms with Gasteiger partial charge in [-0.3, -0.25) is 0 Å². The fraction of sp³-hybridized carbons (Fsp3) is 0. The fourth-order valence-electron chi connectivity index (χ4n) is 1.99. The van der Waals surface area contributed by atoms with Gasteiger partial charge in [-0.15, -0.1) is 0 Å². The first-order valence-corrected chi connectivity index (χ1v) is 5.84. The molecule has 0 unspecified atom stereocenters. The van der Waals surface area contributed by atoms with Crippen LogP contribution in [-0.4, -0.2) is 4.98 Å². The minimum atomic E-state index is 0.551. The molecule has 0 aliphatic heterocycles. The molecule has 82 valence electrons. The molecular formula is C15H10ClN. The van der Waals surface area contributed by atoms with E-state index in [4.69, 9.17) is 11.6 Å². The Labute approximate surface area is 105 Å². The summed E-state index contributed by atoms with van der Waals surface area (Å²) in [5, 5.41) is 1.68. The molecule has 0 bridgehead atoms. The Kier molecular flexibility index (Phi) is 2.54. The zero-order valence-corrected chi connectivity index (χ0v) is 9.85. The predicted octanol–water partition coefficient (Wildman–Crippen LogP) is 4.48. The topological polar surface area (TPSA) is 12.9 Å². The summed E-state index contributed by atoms with van der Waals surface area (Å²) in [7, 11) is 0. The number of allylic oxidation sites excluding steroid dienone is 4. The van der Waals surface area contributed by atoms with E-state index < -0.39 is 0 Å². The van der Waals surface area contributed by atoms with Crippen LogP contribution in [0, 0.1) is 0 Å². The van der Waals surface area contributed by atoms with E-state index >= 15 is 0 Å². The largest absolute Gasteiger partial charge is 0.235 e. The Hall–Kier alpha value is -1.86. The molecule has 1 heterocycles. The maximum atomic E-state index is 6.23. The van der Waals surface area contributed by atoms with Crippen LogP contribution in [0.25, 0.3) is 23.1 Å². The van der Waals surface area contributed by atoms with Crippen molar-refractivity contribution in [2.75, 3.05) is 0 Å². The Balaban J connectivity index is 2.44. The van der Waals surface area contributed by atoms with Crippen molar-refractivity contribution in [2.24, 2.45) is 0 Å². The second-order valence-electron chi connectivity index (χ2n) is 3.85. The highest BCUT2D eigenvalue weighted by molar-refractivity contribution is 6.31. The van der Waals surface area contributed by atoms with Gasteiger partial charge in [0.15, 0.2) is 0 Å². The first-order valence-electron chi connectivity index (χ1n) is 5.46. The summed E-state index contributed by atoms with van der Waals surface area (Å²) in [5.74, 6) is 0. The number of pyridine rings is 1. The highest BCUT2D eigenvalue weighted by atomic mass is 35.5. The van der Waals surface area contributed by atoms with Crippen LogP contribution in [0.1, 0.15) is 11.1 Å². The molecule has 2 heteroatoms. The Morgan fingerprint density at radius 1 is 0.824 bits per heavy atom. The second-order valence-corrected chi connectivity index (χ2v) is 4.21. The molecule has 0 spiro atoms. The standard InChI is InChI=1S/C15H10ClN/c16-15-13-9-4-2-1-3-7-11(13)12-8-5-6-10-14(12)17-15/h1-10H/b2-1-,3-1?,4-2?,7-3-,9-4-,11-7?,13-9?. The number of para-hydroxylation sites is 1. The molecule has 3 rings (SSSR count). The lowest BCUT2D eigenvalue weighted by molar-refractivity contribution is 1.39. The van der Waals surface area contributed by atoms with Crippen molar-refractivity contribution in [3.8, 4) is 0 Å². The van der Waals surface area contributed by atoms with Crippen LogP contribution in [0.5, 0.6) is 0 Å². The zero-order valence-electron chi connectivity index (χ0n) is 9.10. The van der Waals surface area contributed by atoms with Gasteiger partial charge in [-0.1, -0.05) is 66.3 Å². The molecule has 1 aliphatic rings. The molecule has 0 N–H and O–H groups in total. The van der Waals surface area contributed by atoms with Gasteiger partial charge in [0.05, 0.1) is 5.52 Å². The van der Waals surface area contributed by atoms with Crippen LogP contribution < -0.4 is 0 Å². The summed E-state index contributed by atoms with van der Waals surface area (Å²) in [6.45, 7) is 0. The van der Waals surface area contributed by atoms with Gasteiger partial charge in [0.2, 0.25) is 0 Å². The molecule has 17 heavy (non-hydrogen) atoms. The zero-order chi connectivity index (χ0) is 11.7. The molecule has 2 aromatic rings. The molecule has 0 amide bonds. The maximum Gasteiger partial charge on any atom is 0.137 e. The van der Waals surface area contributed by atoms with Crippen molar-refractivity contribution < 1.29 is 0 Å². The third-order valence-corrected chi connectivity index (χ3v) is 3.07. The number of aromatic nitrogens is 1. The average Bonchev–Trinajstić information content (AvgIpc) is 2.29. The normalized spacial score (nSPS) is 19.1. The molecule has 1 aromatic carbocycles. The van der Waals surface area contributed by atoms with E-state index in [2.05, 4.69) is 17.1 Å². The van der Waals surface area contributed by atoms with E-state index in [0.29, 0.717) is 5.15 Å². The van der Waals surface area contributed by atoms with Crippen LogP contribution in [0.3, 0.4) is 0 Å². The van der Waals surface area contributed by atoms with Gasteiger partial charge in [-0.25, -0.2) is 4.98 Å². The smallest absolute Gasteiger partial charge is 0.137 e. The third kappa shape index (κ3) is 1.79. The number of hydrogen-bond acceptors (Lipinski definition) is 1. The Bertz CT molecular complexity index is 666. The number of nitrogens with zero attached hydrogens (tertiary/aromatic N) is 1. The van der Waals surface area contributed by atoms with Crippen LogP contribution in [-0.2, 0) is 0 Å². The second kappa shape index (κ2) is 4.19. The predicted molar refractivity (Wildman–Crippen MR) is 74.0 cm³/mol. The summed E-state index contributed by atoms with van der Waals surface area (Å²) in [6, 6.07) is 8.04. The lowest BCUT2D eigenvalue weighted by atomic mass is 10.0. The highest BCUT2D eigenvalue weighted by Gasteiger charge is 2.09. The molecule has 1 nitrogen and oxygen atoms in total. The summed E-state index contributed by atoms with van der Waals surface area (Å²) >= 11 is 6.23. The van der Waals surface area contributed by atoms with Crippen LogP contribution in [0.15, 0.2) is 48.6 Å². The molecule has 1 aliphatic carbocycles. The molecule has 0 radical (unpaired) electrons. The van der Waals surface area contributed by atoms with Crippen LogP contribution in [0.4, 0.5) is 0 Å². The van der Waals surface area contributed by atoms with Gasteiger partial charge in [-0.05, 0) is 11.6 Å². The number of rotatable bonds is 0. The lowest BCUT2D eigenvalue weighted by Gasteiger charge is -2.09. The Morgan fingerprint density at radius 2 is 1.53 bits per heavy atom. The van der Waals surface area contributed by atoms with Gasteiger partial charge >= 0.3 is 0 Å². The molecule has 0 fully saturated rings. The van der Waals surface area contributed by atoms with E-state index in [1.54, 1.807) is 0 Å². The van der Waals surface area contributed by atoms with E-state index in [1.165, 1.54) is 0 Å². The summed E-state index contributed by atoms with van der Waals surface area (Å²) in [6.07, 6.45) is 12.0. The number of hydrogen-bond donors (Lipinski definition) is 0. The SMILES string of the molecule is Clc1nc2ccccc2c2c1\C=C/C=C\C=C/2. The number of halogens is 1. The van der Waals surface area contributed by atoms with Crippen molar-refractivity contribution in [3.05, 3.63) is 64.8 Å².